The zero-order chi connectivity index (χ0) is 29.9. The van der Waals surface area contributed by atoms with E-state index in [2.05, 4.69) is 48.7 Å². The van der Waals surface area contributed by atoms with Gasteiger partial charge >= 0.3 is 37.1 Å². The average molecular weight is 812 g/mol. The van der Waals surface area contributed by atoms with E-state index < -0.39 is 0 Å². The minimum atomic E-state index is -0.0680. The Morgan fingerprint density at radius 1 is 0.545 bits per heavy atom. The van der Waals surface area contributed by atoms with Gasteiger partial charge in [0.05, 0.1) is 0 Å². The molecule has 0 bridgehead atoms. The van der Waals surface area contributed by atoms with Crippen molar-refractivity contribution >= 4 is 11.8 Å². The Labute approximate surface area is 340 Å². The summed E-state index contributed by atoms with van der Waals surface area (Å²) in [5.74, 6) is -0.0776. The summed E-state index contributed by atoms with van der Waals surface area (Å²) in [5, 5.41) is 5.58. The summed E-state index contributed by atoms with van der Waals surface area (Å²) in [6.45, 7) is 18.9. The van der Waals surface area contributed by atoms with Gasteiger partial charge in [-0.3, -0.25) is 58.1 Å². The van der Waals surface area contributed by atoms with Crippen molar-refractivity contribution in [1.82, 2.24) is 10.6 Å². The van der Waals surface area contributed by atoms with Crippen LogP contribution in [0.15, 0.2) is 84.9 Å². The van der Waals surface area contributed by atoms with E-state index in [0.717, 1.165) is 33.4 Å². The van der Waals surface area contributed by atoms with Crippen LogP contribution in [0.4, 0.5) is 0 Å². The topological polar surface area (TPSA) is 58.2 Å². The number of benzene rings is 4. The average Bonchev–Trinajstić information content (AvgIpc) is 2.91. The van der Waals surface area contributed by atoms with E-state index in [0.29, 0.717) is 0 Å². The maximum absolute atomic E-state index is 11.7. The number of hydrogen-bond acceptors (Lipinski definition) is 2. The van der Waals surface area contributed by atoms with Gasteiger partial charge in [-0.05, 0) is 49.9 Å². The van der Waals surface area contributed by atoms with Gasteiger partial charge in [0.15, 0.2) is 0 Å². The fraction of sp³-hybridized carbons (Fsp3) is 0.222. The van der Waals surface area contributed by atoms with Crippen LogP contribution in [0.5, 0.6) is 0 Å². The van der Waals surface area contributed by atoms with E-state index in [1.54, 1.807) is 0 Å². The van der Waals surface area contributed by atoms with E-state index >= 15 is 0 Å². The van der Waals surface area contributed by atoms with Gasteiger partial charge in [0.2, 0.25) is 11.8 Å². The van der Waals surface area contributed by atoms with Gasteiger partial charge in [-0.1, -0.05) is 62.3 Å². The minimum absolute atomic E-state index is 0. The van der Waals surface area contributed by atoms with Crippen molar-refractivity contribution in [2.45, 2.75) is 53.6 Å². The molecule has 4 rings (SSSR count). The quantitative estimate of drug-likeness (QED) is 0.217. The second-order valence-electron chi connectivity index (χ2n) is 9.28. The molecule has 4 radical (unpaired) electrons. The fourth-order valence-corrected chi connectivity index (χ4v) is 3.54. The molecule has 0 saturated carbocycles. The standard InChI is InChI=1S/2C12H16NO.2C6H4.2V.2Y/c2*1-8(2)13-12(14)11-9(3)6-5-7-10(11)4;2*1-2-4-6-5-3-1;;;;/h2*5-8H,1H2,2-4H3,(H,13,14);2*1-2,5-6H;;;;/q2*-1;2*-2;2*+2;;/t2*8-;;;;;;/m10....../s1. The SMILES string of the molecule is [CH2-][C@@H](C)NC(=O)c1c(C)cccc1C.[CH2-][C@H](C)NC(=O)c1c(C)cccc1C.[V+2].[V+2].[Y].[Y].[c-]1cc[c-]cc1.[c-]1cc[c-]cc1. The smallest absolute Gasteiger partial charge is 0.379 e. The van der Waals surface area contributed by atoms with Crippen molar-refractivity contribution in [3.05, 3.63) is 156 Å². The van der Waals surface area contributed by atoms with E-state index in [1.165, 1.54) is 0 Å². The maximum atomic E-state index is 11.7. The van der Waals surface area contributed by atoms with Crippen molar-refractivity contribution in [2.24, 2.45) is 0 Å². The Balaban J connectivity index is -0.000000250. The third-order valence-corrected chi connectivity index (χ3v) is 5.27. The minimum Gasteiger partial charge on any atom is -0.379 e. The van der Waals surface area contributed by atoms with Crippen LogP contribution >= 0.6 is 0 Å². The number of hydrogen-bond donors (Lipinski definition) is 2. The molecule has 0 aliphatic carbocycles. The van der Waals surface area contributed by atoms with Crippen molar-refractivity contribution in [3.63, 3.8) is 0 Å². The number of aryl methyl sites for hydroxylation is 4. The van der Waals surface area contributed by atoms with Crippen LogP contribution < -0.4 is 10.6 Å². The predicted octanol–water partition coefficient (Wildman–Crippen LogP) is 7.08. The van der Waals surface area contributed by atoms with Gasteiger partial charge in [-0.15, -0.1) is 0 Å². The molecule has 8 heteroatoms. The first kappa shape index (κ1) is 50.1. The van der Waals surface area contributed by atoms with Crippen molar-refractivity contribution < 1.29 is 112 Å². The number of carbonyl (C=O) groups excluding carboxylic acids is 2. The van der Waals surface area contributed by atoms with E-state index in [4.69, 9.17) is 0 Å². The van der Waals surface area contributed by atoms with Crippen LogP contribution in [-0.4, -0.2) is 23.9 Å². The van der Waals surface area contributed by atoms with Gasteiger partial charge in [-0.2, -0.15) is 0 Å². The second-order valence-corrected chi connectivity index (χ2v) is 9.28. The fourth-order valence-electron chi connectivity index (χ4n) is 3.54. The number of rotatable bonds is 4. The summed E-state index contributed by atoms with van der Waals surface area (Å²) < 4.78 is 0. The molecule has 0 aliphatic heterocycles. The Kier molecular flexibility index (Phi) is 33.7. The summed E-state index contributed by atoms with van der Waals surface area (Å²) >= 11 is 0. The first-order valence-corrected chi connectivity index (χ1v) is 13.1. The molecule has 2 atom stereocenters. The van der Waals surface area contributed by atoms with E-state index in [-0.39, 0.29) is 126 Å². The van der Waals surface area contributed by atoms with Gasteiger partial charge in [0.1, 0.15) is 0 Å². The first-order chi connectivity index (χ1) is 19.0. The zero-order valence-corrected chi connectivity index (χ0v) is 35.0. The van der Waals surface area contributed by atoms with E-state index in [9.17, 15) is 9.59 Å². The molecule has 44 heavy (non-hydrogen) atoms. The molecule has 0 unspecified atom stereocenters. The van der Waals surface area contributed by atoms with Crippen LogP contribution in [0.25, 0.3) is 0 Å². The van der Waals surface area contributed by atoms with Crippen LogP contribution in [0, 0.1) is 65.8 Å². The number of amides is 2. The maximum Gasteiger partial charge on any atom is 2.00 e. The Bertz CT molecular complexity index is 1100. The van der Waals surface area contributed by atoms with Crippen LogP contribution in [-0.2, 0) is 103 Å². The summed E-state index contributed by atoms with van der Waals surface area (Å²) in [5.41, 5.74) is 5.55. The number of nitrogens with one attached hydrogen (secondary N) is 2. The van der Waals surface area contributed by atoms with Crippen LogP contribution in [0.3, 0.4) is 0 Å². The largest absolute Gasteiger partial charge is 2.00 e. The normalized spacial score (nSPS) is 10.0. The molecule has 2 amide bonds. The van der Waals surface area contributed by atoms with Gasteiger partial charge in [0, 0.05) is 76.5 Å². The van der Waals surface area contributed by atoms with Crippen LogP contribution in [0.1, 0.15) is 56.8 Å². The van der Waals surface area contributed by atoms with Crippen molar-refractivity contribution in [3.8, 4) is 0 Å². The third kappa shape index (κ3) is 21.8. The monoisotopic (exact) mass is 812 g/mol. The molecule has 4 nitrogen and oxygen atoms in total. The number of carbonyl (C=O) groups is 2. The zero-order valence-electron chi connectivity index (χ0n) is 26.5. The molecule has 0 aliphatic rings. The molecular formula is C36H40N2O2V2Y2-2. The van der Waals surface area contributed by atoms with Crippen LogP contribution in [0.2, 0.25) is 0 Å². The summed E-state index contributed by atoms with van der Waals surface area (Å²) in [7, 11) is 0. The summed E-state index contributed by atoms with van der Waals surface area (Å²) in [4.78, 5) is 23.5. The molecule has 0 fully saturated rings. The van der Waals surface area contributed by atoms with Gasteiger partial charge in [0.25, 0.3) is 0 Å². The Morgan fingerprint density at radius 3 is 0.909 bits per heavy atom. The van der Waals surface area contributed by atoms with Crippen molar-refractivity contribution in [1.29, 1.82) is 0 Å². The molecule has 2 N–H and O–H groups in total. The van der Waals surface area contributed by atoms with Gasteiger partial charge in [-0.25, -0.2) is 0 Å². The molecule has 0 aromatic heterocycles. The van der Waals surface area contributed by atoms with E-state index in [1.807, 2.05) is 126 Å². The Hall–Kier alpha value is -0.803. The molecule has 4 aromatic carbocycles. The molecule has 224 valence electrons. The predicted molar refractivity (Wildman–Crippen MR) is 165 cm³/mol. The third-order valence-electron chi connectivity index (χ3n) is 5.27. The molecule has 0 saturated heterocycles. The molecule has 4 aromatic rings. The van der Waals surface area contributed by atoms with Crippen molar-refractivity contribution in [2.75, 3.05) is 0 Å². The summed E-state index contributed by atoms with van der Waals surface area (Å²) in [6.07, 6.45) is 0. The first-order valence-electron chi connectivity index (χ1n) is 13.1. The molecule has 0 heterocycles. The molecular weight excluding hydrogens is 772 g/mol. The summed E-state index contributed by atoms with van der Waals surface area (Å²) in [6, 6.07) is 37.5. The second kappa shape index (κ2) is 29.6. The Morgan fingerprint density at radius 2 is 0.750 bits per heavy atom. The molecule has 0 spiro atoms. The van der Waals surface area contributed by atoms with Gasteiger partial charge < -0.3 is 48.7 Å².